The van der Waals surface area contributed by atoms with Crippen molar-refractivity contribution in [3.05, 3.63) is 0 Å². The molecular formula is C30H60O9. The molecule has 0 saturated heterocycles. The van der Waals surface area contributed by atoms with Crippen molar-refractivity contribution in [3.63, 3.8) is 0 Å². The van der Waals surface area contributed by atoms with Crippen LogP contribution in [0, 0.1) is 0 Å². The Morgan fingerprint density at radius 3 is 1.21 bits per heavy atom. The second-order valence-corrected chi connectivity index (χ2v) is 9.87. The van der Waals surface area contributed by atoms with Crippen LogP contribution in [0.4, 0.5) is 0 Å². The minimum Gasteiger partial charge on any atom is -0.479 e. The zero-order valence-electron chi connectivity index (χ0n) is 24.9. The molecule has 0 aliphatic carbocycles. The number of hydrogen-bond acceptors (Lipinski definition) is 8. The molecule has 2 N–H and O–H groups in total. The molecule has 9 heteroatoms. The Morgan fingerprint density at radius 1 is 0.513 bits per heavy atom. The zero-order valence-corrected chi connectivity index (χ0v) is 24.9. The molecule has 0 aliphatic heterocycles. The highest BCUT2D eigenvalue weighted by Gasteiger charge is 2.17. The molecule has 0 spiro atoms. The Bertz CT molecular complexity index is 479. The molecule has 0 aromatic heterocycles. The maximum atomic E-state index is 11.4. The first kappa shape index (κ1) is 38.2. The number of carboxylic acid groups (broad SMARTS) is 1. The monoisotopic (exact) mass is 564 g/mol. The molecular weight excluding hydrogens is 504 g/mol. The van der Waals surface area contributed by atoms with E-state index in [0.717, 1.165) is 12.8 Å². The summed E-state index contributed by atoms with van der Waals surface area (Å²) in [6.07, 6.45) is 17.8. The number of rotatable bonds is 34. The zero-order chi connectivity index (χ0) is 28.5. The maximum absolute atomic E-state index is 11.4. The fourth-order valence-electron chi connectivity index (χ4n) is 4.10. The minimum atomic E-state index is -0.895. The number of hydrogen-bond donors (Lipinski definition) is 2. The van der Waals surface area contributed by atoms with Gasteiger partial charge < -0.3 is 38.6 Å². The molecule has 1 unspecified atom stereocenters. The van der Waals surface area contributed by atoms with Gasteiger partial charge in [-0.05, 0) is 6.42 Å². The normalized spacial score (nSPS) is 12.3. The van der Waals surface area contributed by atoms with Crippen molar-refractivity contribution in [3.8, 4) is 0 Å². The number of ether oxygens (including phenoxy) is 6. The molecule has 0 radical (unpaired) electrons. The lowest BCUT2D eigenvalue weighted by atomic mass is 10.0. The first-order valence-electron chi connectivity index (χ1n) is 15.6. The molecule has 0 aromatic rings. The van der Waals surface area contributed by atoms with E-state index in [1.165, 1.54) is 77.0 Å². The van der Waals surface area contributed by atoms with Crippen LogP contribution in [0.5, 0.6) is 0 Å². The molecule has 0 fully saturated rings. The minimum absolute atomic E-state index is 0.0205. The van der Waals surface area contributed by atoms with Gasteiger partial charge in [0, 0.05) is 0 Å². The van der Waals surface area contributed by atoms with Crippen LogP contribution in [-0.4, -0.2) is 102 Å². The number of unbranched alkanes of at least 4 members (excludes halogenated alkanes) is 13. The molecule has 0 heterocycles. The third kappa shape index (κ3) is 31.6. The van der Waals surface area contributed by atoms with Crippen molar-refractivity contribution in [2.24, 2.45) is 0 Å². The standard InChI is InChI=1S/C30H60O9/c1-2-3-4-5-6-7-8-9-10-11-12-13-14-15-16-29(30(32)33)39-28-27-38-26-25-37-24-23-36-22-21-35-20-19-34-18-17-31/h29,31H,2-28H2,1H3,(H,32,33). The predicted molar refractivity (Wildman–Crippen MR) is 153 cm³/mol. The number of aliphatic hydroxyl groups excluding tert-OH is 1. The van der Waals surface area contributed by atoms with E-state index in [0.29, 0.717) is 72.5 Å². The van der Waals surface area contributed by atoms with Crippen molar-refractivity contribution in [1.82, 2.24) is 0 Å². The molecule has 0 rings (SSSR count). The molecule has 9 nitrogen and oxygen atoms in total. The fourth-order valence-corrected chi connectivity index (χ4v) is 4.10. The first-order valence-corrected chi connectivity index (χ1v) is 15.6. The van der Waals surface area contributed by atoms with Crippen molar-refractivity contribution in [1.29, 1.82) is 0 Å². The molecule has 0 aromatic carbocycles. The van der Waals surface area contributed by atoms with Gasteiger partial charge in [-0.2, -0.15) is 0 Å². The molecule has 0 bridgehead atoms. The van der Waals surface area contributed by atoms with E-state index >= 15 is 0 Å². The highest BCUT2D eigenvalue weighted by atomic mass is 16.6. The van der Waals surface area contributed by atoms with Gasteiger partial charge in [0.15, 0.2) is 6.10 Å². The molecule has 0 amide bonds. The molecule has 0 aliphatic rings. The summed E-state index contributed by atoms with van der Waals surface area (Å²) in [6.45, 7) is 6.97. The van der Waals surface area contributed by atoms with Crippen molar-refractivity contribution in [2.75, 3.05) is 79.3 Å². The van der Waals surface area contributed by atoms with Gasteiger partial charge in [-0.3, -0.25) is 0 Å². The molecule has 39 heavy (non-hydrogen) atoms. The smallest absolute Gasteiger partial charge is 0.332 e. The second-order valence-electron chi connectivity index (χ2n) is 9.87. The Kier molecular flexibility index (Phi) is 32.7. The largest absolute Gasteiger partial charge is 0.479 e. The average Bonchev–Trinajstić information content (AvgIpc) is 2.93. The quantitative estimate of drug-likeness (QED) is 0.0992. The summed E-state index contributed by atoms with van der Waals surface area (Å²) < 4.78 is 32.2. The van der Waals surface area contributed by atoms with Crippen LogP contribution in [0.3, 0.4) is 0 Å². The number of aliphatic carboxylic acids is 1. The van der Waals surface area contributed by atoms with Gasteiger partial charge >= 0.3 is 5.97 Å². The summed E-state index contributed by atoms with van der Waals surface area (Å²) >= 11 is 0. The van der Waals surface area contributed by atoms with Crippen LogP contribution >= 0.6 is 0 Å². The highest BCUT2D eigenvalue weighted by molar-refractivity contribution is 5.72. The van der Waals surface area contributed by atoms with Gasteiger partial charge in [0.1, 0.15) is 0 Å². The van der Waals surface area contributed by atoms with Crippen molar-refractivity contribution < 1.29 is 43.4 Å². The SMILES string of the molecule is CCCCCCCCCCCCCCCCC(OCCOCCOCCOCCOCCOCCO)C(=O)O. The van der Waals surface area contributed by atoms with E-state index in [1.807, 2.05) is 0 Å². The maximum Gasteiger partial charge on any atom is 0.332 e. The van der Waals surface area contributed by atoms with Crippen LogP contribution in [0.15, 0.2) is 0 Å². The topological polar surface area (TPSA) is 113 Å². The van der Waals surface area contributed by atoms with Crippen LogP contribution in [0.2, 0.25) is 0 Å². The Hall–Kier alpha value is -0.810. The van der Waals surface area contributed by atoms with Crippen molar-refractivity contribution >= 4 is 5.97 Å². The Labute approximate surface area is 238 Å². The van der Waals surface area contributed by atoms with E-state index < -0.39 is 12.1 Å². The molecule has 1 atom stereocenters. The van der Waals surface area contributed by atoms with Gasteiger partial charge in [-0.15, -0.1) is 0 Å². The lowest BCUT2D eigenvalue weighted by Crippen LogP contribution is -2.25. The molecule has 0 saturated carbocycles. The Morgan fingerprint density at radius 2 is 0.846 bits per heavy atom. The summed E-state index contributed by atoms with van der Waals surface area (Å²) in [5, 5.41) is 18.0. The summed E-state index contributed by atoms with van der Waals surface area (Å²) in [5.74, 6) is -0.895. The van der Waals surface area contributed by atoms with E-state index in [2.05, 4.69) is 6.92 Å². The van der Waals surface area contributed by atoms with Crippen LogP contribution in [-0.2, 0) is 33.2 Å². The van der Waals surface area contributed by atoms with E-state index in [-0.39, 0.29) is 13.2 Å². The van der Waals surface area contributed by atoms with Crippen LogP contribution < -0.4 is 0 Å². The second kappa shape index (κ2) is 33.4. The summed E-state index contributed by atoms with van der Waals surface area (Å²) in [5.41, 5.74) is 0. The van der Waals surface area contributed by atoms with Crippen molar-refractivity contribution in [2.45, 2.75) is 109 Å². The number of carbonyl (C=O) groups is 1. The average molecular weight is 565 g/mol. The first-order chi connectivity index (χ1) is 19.2. The van der Waals surface area contributed by atoms with E-state index in [9.17, 15) is 9.90 Å². The summed E-state index contributed by atoms with van der Waals surface area (Å²) in [6, 6.07) is 0. The van der Waals surface area contributed by atoms with Gasteiger partial charge in [-0.1, -0.05) is 96.8 Å². The van der Waals surface area contributed by atoms with Gasteiger partial charge in [0.25, 0.3) is 0 Å². The van der Waals surface area contributed by atoms with Gasteiger partial charge in [-0.25, -0.2) is 4.79 Å². The van der Waals surface area contributed by atoms with Crippen LogP contribution in [0.25, 0.3) is 0 Å². The predicted octanol–water partition coefficient (Wildman–Crippen LogP) is 5.40. The number of carboxylic acids is 1. The fraction of sp³-hybridized carbons (Fsp3) is 0.967. The summed E-state index contributed by atoms with van der Waals surface area (Å²) in [4.78, 5) is 11.4. The summed E-state index contributed by atoms with van der Waals surface area (Å²) in [7, 11) is 0. The van der Waals surface area contributed by atoms with Gasteiger partial charge in [0.05, 0.1) is 79.3 Å². The van der Waals surface area contributed by atoms with E-state index in [1.54, 1.807) is 0 Å². The van der Waals surface area contributed by atoms with Crippen LogP contribution in [0.1, 0.15) is 103 Å². The van der Waals surface area contributed by atoms with Gasteiger partial charge in [0.2, 0.25) is 0 Å². The van der Waals surface area contributed by atoms with E-state index in [4.69, 9.17) is 33.5 Å². The Balaban J connectivity index is 3.37. The third-order valence-corrected chi connectivity index (χ3v) is 6.37. The lowest BCUT2D eigenvalue weighted by molar-refractivity contribution is -0.152. The molecule has 234 valence electrons. The highest BCUT2D eigenvalue weighted by Crippen LogP contribution is 2.14. The lowest BCUT2D eigenvalue weighted by Gasteiger charge is -2.14. The number of aliphatic hydroxyl groups is 1. The third-order valence-electron chi connectivity index (χ3n) is 6.37.